The lowest BCUT2D eigenvalue weighted by Gasteiger charge is -2.24. The van der Waals surface area contributed by atoms with Crippen molar-refractivity contribution in [3.05, 3.63) is 24.0 Å². The molecule has 0 bridgehead atoms. The number of aromatic nitrogens is 1. The number of hydrogen-bond acceptors (Lipinski definition) is 4. The van der Waals surface area contributed by atoms with E-state index in [-0.39, 0.29) is 0 Å². The van der Waals surface area contributed by atoms with Crippen LogP contribution < -0.4 is 16.0 Å². The Morgan fingerprint density at radius 1 is 1.50 bits per heavy atom. The van der Waals surface area contributed by atoms with Crippen LogP contribution >= 0.6 is 0 Å². The highest BCUT2D eigenvalue weighted by atomic mass is 16.1. The first-order valence-electron chi connectivity index (χ1n) is 6.48. The lowest BCUT2D eigenvalue weighted by Crippen LogP contribution is -2.40. The van der Waals surface area contributed by atoms with E-state index in [4.69, 9.17) is 5.73 Å². The first-order chi connectivity index (χ1) is 8.74. The zero-order valence-electron chi connectivity index (χ0n) is 10.3. The fourth-order valence-electron chi connectivity index (χ4n) is 3.01. The third-order valence-electron chi connectivity index (χ3n) is 3.96. The normalized spacial score (nSPS) is 27.0. The standard InChI is InChI=1S/C13H18N4O/c14-13(18)11-6-10(3-5-16-11)17-7-9-2-1-4-15-12(9)8-17/h3,5-6,9,12,15H,1-2,4,7-8H2,(H2,14,18). The number of nitrogens with zero attached hydrogens (tertiary/aromatic N) is 2. The molecule has 1 aromatic heterocycles. The third-order valence-corrected chi connectivity index (χ3v) is 3.96. The van der Waals surface area contributed by atoms with Crippen molar-refractivity contribution in [1.82, 2.24) is 10.3 Å². The maximum absolute atomic E-state index is 11.1. The Kier molecular flexibility index (Phi) is 2.91. The molecule has 5 nitrogen and oxygen atoms in total. The second kappa shape index (κ2) is 4.57. The number of nitrogens with one attached hydrogen (secondary N) is 1. The summed E-state index contributed by atoms with van der Waals surface area (Å²) < 4.78 is 0. The van der Waals surface area contributed by atoms with Gasteiger partial charge in [0, 0.05) is 31.0 Å². The van der Waals surface area contributed by atoms with E-state index in [2.05, 4.69) is 15.2 Å². The monoisotopic (exact) mass is 246 g/mol. The molecule has 2 fully saturated rings. The maximum Gasteiger partial charge on any atom is 0.267 e. The molecule has 2 aliphatic heterocycles. The van der Waals surface area contributed by atoms with Gasteiger partial charge in [0.25, 0.3) is 5.91 Å². The summed E-state index contributed by atoms with van der Waals surface area (Å²) in [6.45, 7) is 3.19. The van der Waals surface area contributed by atoms with Gasteiger partial charge in [0.05, 0.1) is 0 Å². The van der Waals surface area contributed by atoms with Crippen molar-refractivity contribution in [3.8, 4) is 0 Å². The molecule has 18 heavy (non-hydrogen) atoms. The molecule has 1 amide bonds. The molecule has 2 aliphatic rings. The van der Waals surface area contributed by atoms with Gasteiger partial charge in [0.15, 0.2) is 0 Å². The van der Waals surface area contributed by atoms with Crippen LogP contribution in [0.15, 0.2) is 18.3 Å². The number of rotatable bonds is 2. The molecule has 0 aromatic carbocycles. The second-order valence-corrected chi connectivity index (χ2v) is 5.13. The minimum atomic E-state index is -0.466. The lowest BCUT2D eigenvalue weighted by molar-refractivity contribution is 0.0995. The van der Waals surface area contributed by atoms with E-state index in [1.165, 1.54) is 12.8 Å². The van der Waals surface area contributed by atoms with Crippen LogP contribution in [0.1, 0.15) is 23.3 Å². The maximum atomic E-state index is 11.1. The fourth-order valence-corrected chi connectivity index (χ4v) is 3.01. The summed E-state index contributed by atoms with van der Waals surface area (Å²) in [4.78, 5) is 17.5. The van der Waals surface area contributed by atoms with Gasteiger partial charge < -0.3 is 16.0 Å². The van der Waals surface area contributed by atoms with Gasteiger partial charge in [-0.1, -0.05) is 0 Å². The summed E-state index contributed by atoms with van der Waals surface area (Å²) in [5.41, 5.74) is 6.66. The predicted molar refractivity (Wildman–Crippen MR) is 69.5 cm³/mol. The van der Waals surface area contributed by atoms with Crippen molar-refractivity contribution in [2.45, 2.75) is 18.9 Å². The van der Waals surface area contributed by atoms with E-state index in [1.54, 1.807) is 12.3 Å². The van der Waals surface area contributed by atoms with Gasteiger partial charge in [-0.05, 0) is 37.4 Å². The summed E-state index contributed by atoms with van der Waals surface area (Å²) in [6.07, 6.45) is 4.21. The topological polar surface area (TPSA) is 71.2 Å². The second-order valence-electron chi connectivity index (χ2n) is 5.13. The van der Waals surface area contributed by atoms with Crippen LogP contribution in [0.2, 0.25) is 0 Å². The Bertz CT molecular complexity index is 448. The van der Waals surface area contributed by atoms with Crippen LogP contribution in [0.3, 0.4) is 0 Å². The molecule has 2 saturated heterocycles. The number of primary amides is 1. The molecule has 96 valence electrons. The van der Waals surface area contributed by atoms with Crippen LogP contribution in [0.5, 0.6) is 0 Å². The van der Waals surface area contributed by atoms with Crippen LogP contribution in [-0.2, 0) is 0 Å². The number of carbonyl (C=O) groups is 1. The molecule has 2 unspecified atom stereocenters. The van der Waals surface area contributed by atoms with Crippen molar-refractivity contribution in [2.75, 3.05) is 24.5 Å². The summed E-state index contributed by atoms with van der Waals surface area (Å²) in [6, 6.07) is 4.33. The van der Waals surface area contributed by atoms with Crippen LogP contribution in [0, 0.1) is 5.92 Å². The average molecular weight is 246 g/mol. The Labute approximate surface area is 106 Å². The molecule has 3 N–H and O–H groups in total. The minimum absolute atomic E-state index is 0.343. The van der Waals surface area contributed by atoms with E-state index >= 15 is 0 Å². The molecule has 0 spiro atoms. The molecule has 1 aromatic rings. The molecule has 3 heterocycles. The molecular formula is C13H18N4O. The Hall–Kier alpha value is -1.62. The predicted octanol–water partition coefficient (Wildman–Crippen LogP) is 0.369. The number of piperidine rings is 1. The van der Waals surface area contributed by atoms with Crippen LogP contribution in [0.25, 0.3) is 0 Å². The Balaban J connectivity index is 1.79. The highest BCUT2D eigenvalue weighted by Crippen LogP contribution is 2.28. The Morgan fingerprint density at radius 2 is 2.39 bits per heavy atom. The highest BCUT2D eigenvalue weighted by molar-refractivity contribution is 5.91. The fraction of sp³-hybridized carbons (Fsp3) is 0.538. The van der Waals surface area contributed by atoms with E-state index in [1.807, 2.05) is 6.07 Å². The smallest absolute Gasteiger partial charge is 0.267 e. The van der Waals surface area contributed by atoms with E-state index in [0.717, 1.165) is 31.2 Å². The van der Waals surface area contributed by atoms with Crippen molar-refractivity contribution in [2.24, 2.45) is 11.7 Å². The van der Waals surface area contributed by atoms with Gasteiger partial charge >= 0.3 is 0 Å². The summed E-state index contributed by atoms with van der Waals surface area (Å²) in [5.74, 6) is 0.260. The molecule has 3 rings (SSSR count). The number of pyridine rings is 1. The number of amides is 1. The quantitative estimate of drug-likeness (QED) is 0.791. The van der Waals surface area contributed by atoms with E-state index < -0.39 is 5.91 Å². The van der Waals surface area contributed by atoms with Gasteiger partial charge in [0.1, 0.15) is 5.69 Å². The number of carbonyl (C=O) groups excluding carboxylic acids is 1. The largest absolute Gasteiger partial charge is 0.370 e. The van der Waals surface area contributed by atoms with Crippen molar-refractivity contribution >= 4 is 11.6 Å². The average Bonchev–Trinajstić information content (AvgIpc) is 2.82. The van der Waals surface area contributed by atoms with Gasteiger partial charge in [-0.25, -0.2) is 0 Å². The molecule has 0 aliphatic carbocycles. The van der Waals surface area contributed by atoms with Gasteiger partial charge in [0.2, 0.25) is 0 Å². The zero-order chi connectivity index (χ0) is 12.5. The summed E-state index contributed by atoms with van der Waals surface area (Å²) in [7, 11) is 0. The van der Waals surface area contributed by atoms with E-state index in [9.17, 15) is 4.79 Å². The van der Waals surface area contributed by atoms with Crippen molar-refractivity contribution in [1.29, 1.82) is 0 Å². The van der Waals surface area contributed by atoms with Crippen LogP contribution in [-0.4, -0.2) is 36.6 Å². The molecule has 2 atom stereocenters. The van der Waals surface area contributed by atoms with Gasteiger partial charge in [-0.2, -0.15) is 0 Å². The third kappa shape index (κ3) is 2.06. The number of nitrogens with two attached hydrogens (primary N) is 1. The number of hydrogen-bond donors (Lipinski definition) is 2. The molecule has 0 saturated carbocycles. The minimum Gasteiger partial charge on any atom is -0.370 e. The van der Waals surface area contributed by atoms with Crippen molar-refractivity contribution in [3.63, 3.8) is 0 Å². The Morgan fingerprint density at radius 3 is 3.17 bits per heavy atom. The number of anilines is 1. The SMILES string of the molecule is NC(=O)c1cc(N2CC3CCCNC3C2)ccn1. The first kappa shape index (κ1) is 11.5. The molecular weight excluding hydrogens is 228 g/mol. The molecule has 5 heteroatoms. The summed E-state index contributed by atoms with van der Waals surface area (Å²) >= 11 is 0. The van der Waals surface area contributed by atoms with Gasteiger partial charge in [-0.15, -0.1) is 0 Å². The van der Waals surface area contributed by atoms with Gasteiger partial charge in [-0.3, -0.25) is 9.78 Å². The van der Waals surface area contributed by atoms with Crippen LogP contribution in [0.4, 0.5) is 5.69 Å². The number of fused-ring (bicyclic) bond motifs is 1. The first-order valence-corrected chi connectivity index (χ1v) is 6.48. The summed E-state index contributed by atoms with van der Waals surface area (Å²) in [5, 5.41) is 3.57. The molecule has 0 radical (unpaired) electrons. The van der Waals surface area contributed by atoms with Crippen molar-refractivity contribution < 1.29 is 4.79 Å². The van der Waals surface area contributed by atoms with E-state index in [0.29, 0.717) is 11.7 Å². The zero-order valence-corrected chi connectivity index (χ0v) is 10.3. The lowest BCUT2D eigenvalue weighted by atomic mass is 9.94. The highest BCUT2D eigenvalue weighted by Gasteiger charge is 2.34.